The van der Waals surface area contributed by atoms with Gasteiger partial charge in [0.1, 0.15) is 5.69 Å². The molecule has 6 heteroatoms. The maximum atomic E-state index is 12.8. The number of aromatic nitrogens is 1. The molecule has 0 unspecified atom stereocenters. The first-order chi connectivity index (χ1) is 13.0. The highest BCUT2D eigenvalue weighted by Crippen LogP contribution is 2.22. The fraction of sp³-hybridized carbons (Fsp3) is 0.429. The molecule has 0 radical (unpaired) electrons. The second kappa shape index (κ2) is 8.39. The number of carbonyl (C=O) groups excluding carboxylic acids is 2. The highest BCUT2D eigenvalue weighted by atomic mass is 16.2. The van der Waals surface area contributed by atoms with Crippen molar-refractivity contribution in [2.24, 2.45) is 7.05 Å². The van der Waals surface area contributed by atoms with Crippen molar-refractivity contribution < 1.29 is 9.59 Å². The van der Waals surface area contributed by atoms with Gasteiger partial charge < -0.3 is 15.2 Å². The van der Waals surface area contributed by atoms with Gasteiger partial charge in [-0.25, -0.2) is 0 Å². The van der Waals surface area contributed by atoms with Crippen LogP contribution < -0.4 is 10.6 Å². The monoisotopic (exact) mass is 368 g/mol. The van der Waals surface area contributed by atoms with Crippen LogP contribution in [0.5, 0.6) is 0 Å². The van der Waals surface area contributed by atoms with Gasteiger partial charge in [0.05, 0.1) is 6.04 Å². The van der Waals surface area contributed by atoms with Crippen molar-refractivity contribution in [1.29, 1.82) is 0 Å². The van der Waals surface area contributed by atoms with Crippen molar-refractivity contribution >= 4 is 11.8 Å². The second-order valence-corrected chi connectivity index (χ2v) is 6.93. The number of hydrogen-bond donors (Lipinski definition) is 2. The summed E-state index contributed by atoms with van der Waals surface area (Å²) < 4.78 is 1.92. The lowest BCUT2D eigenvalue weighted by atomic mass is 10.1. The largest absolute Gasteiger partial charge is 0.355 e. The Morgan fingerprint density at radius 3 is 2.52 bits per heavy atom. The number of likely N-dealkylation sites (tertiary alicyclic amines) is 1. The molecule has 144 valence electrons. The summed E-state index contributed by atoms with van der Waals surface area (Å²) in [5.41, 5.74) is 2.70. The minimum atomic E-state index is -0.173. The smallest absolute Gasteiger partial charge is 0.268 e. The Bertz CT molecular complexity index is 800. The molecule has 2 heterocycles. The zero-order valence-electron chi connectivity index (χ0n) is 16.2. The van der Waals surface area contributed by atoms with Gasteiger partial charge in [-0.15, -0.1) is 0 Å². The molecule has 3 rings (SSSR count). The van der Waals surface area contributed by atoms with E-state index in [4.69, 9.17) is 0 Å². The summed E-state index contributed by atoms with van der Waals surface area (Å²) in [4.78, 5) is 27.2. The molecule has 1 aromatic carbocycles. The predicted molar refractivity (Wildman–Crippen MR) is 106 cm³/mol. The predicted octanol–water partition coefficient (Wildman–Crippen LogP) is 2.02. The van der Waals surface area contributed by atoms with Crippen LogP contribution in [-0.4, -0.2) is 53.0 Å². The summed E-state index contributed by atoms with van der Waals surface area (Å²) in [6, 6.07) is 13.6. The van der Waals surface area contributed by atoms with Crippen molar-refractivity contribution in [3.05, 3.63) is 48.2 Å². The second-order valence-electron chi connectivity index (χ2n) is 6.93. The van der Waals surface area contributed by atoms with Crippen LogP contribution >= 0.6 is 0 Å². The number of nitrogens with zero attached hydrogens (tertiary/aromatic N) is 2. The van der Waals surface area contributed by atoms with Gasteiger partial charge >= 0.3 is 0 Å². The number of rotatable bonds is 6. The zero-order valence-corrected chi connectivity index (χ0v) is 16.2. The number of amides is 2. The number of nitrogens with one attached hydrogen (secondary N) is 2. The molecule has 0 saturated carbocycles. The average Bonchev–Trinajstić information content (AvgIpc) is 3.26. The van der Waals surface area contributed by atoms with Crippen molar-refractivity contribution in [3.8, 4) is 11.3 Å². The van der Waals surface area contributed by atoms with Crippen LogP contribution in [-0.2, 0) is 11.8 Å². The quantitative estimate of drug-likeness (QED) is 0.820. The molecule has 2 amide bonds. The van der Waals surface area contributed by atoms with Gasteiger partial charge in [0.25, 0.3) is 5.91 Å². The number of hydrogen-bond acceptors (Lipinski definition) is 3. The van der Waals surface area contributed by atoms with E-state index in [0.717, 1.165) is 17.8 Å². The Hall–Kier alpha value is -2.60. The standard InChI is InChI=1S/C21H28N4O2/c1-4-22-20(26)19-13-16(14-25(19)5-2)23-21(27)18-12-11-17(24(18)3)15-9-7-6-8-10-15/h6-12,16,19H,4-5,13-14H2,1-3H3,(H,22,26)(H,23,27)/t16-,19-/m0/s1. The molecule has 1 saturated heterocycles. The third-order valence-electron chi connectivity index (χ3n) is 5.22. The van der Waals surface area contributed by atoms with Crippen molar-refractivity contribution in [2.45, 2.75) is 32.4 Å². The Kier molecular flexibility index (Phi) is 5.96. The summed E-state index contributed by atoms with van der Waals surface area (Å²) in [5, 5.41) is 6.00. The third-order valence-corrected chi connectivity index (χ3v) is 5.22. The first-order valence-electron chi connectivity index (χ1n) is 9.58. The van der Waals surface area contributed by atoms with Crippen molar-refractivity contribution in [3.63, 3.8) is 0 Å². The molecule has 2 N–H and O–H groups in total. The molecule has 1 aromatic heterocycles. The van der Waals surface area contributed by atoms with Gasteiger partial charge in [0, 0.05) is 31.9 Å². The van der Waals surface area contributed by atoms with Gasteiger partial charge in [0.15, 0.2) is 0 Å². The number of benzene rings is 1. The lowest BCUT2D eigenvalue weighted by Crippen LogP contribution is -2.42. The Morgan fingerprint density at radius 2 is 1.85 bits per heavy atom. The van der Waals surface area contributed by atoms with Gasteiger partial charge in [0.2, 0.25) is 5.91 Å². The molecular formula is C21H28N4O2. The van der Waals surface area contributed by atoms with Crippen LogP contribution in [0.1, 0.15) is 30.8 Å². The minimum Gasteiger partial charge on any atom is -0.355 e. The van der Waals surface area contributed by atoms with Crippen molar-refractivity contribution in [1.82, 2.24) is 20.1 Å². The van der Waals surface area contributed by atoms with E-state index < -0.39 is 0 Å². The first-order valence-corrected chi connectivity index (χ1v) is 9.58. The molecule has 6 nitrogen and oxygen atoms in total. The molecule has 0 aliphatic carbocycles. The zero-order chi connectivity index (χ0) is 19.4. The van der Waals surface area contributed by atoms with Gasteiger partial charge in [-0.1, -0.05) is 37.3 Å². The molecule has 0 spiro atoms. The maximum Gasteiger partial charge on any atom is 0.268 e. The molecule has 0 bridgehead atoms. The van der Waals surface area contributed by atoms with Crippen molar-refractivity contribution in [2.75, 3.05) is 19.6 Å². The lowest BCUT2D eigenvalue weighted by molar-refractivity contribution is -0.125. The van der Waals surface area contributed by atoms with Crippen LogP contribution in [0, 0.1) is 0 Å². The van der Waals surface area contributed by atoms with E-state index in [2.05, 4.69) is 15.5 Å². The molecular weight excluding hydrogens is 340 g/mol. The molecule has 1 aliphatic heterocycles. The average molecular weight is 368 g/mol. The van der Waals surface area contributed by atoms with Gasteiger partial charge in [-0.05, 0) is 37.6 Å². The minimum absolute atomic E-state index is 0.0277. The van der Waals surface area contributed by atoms with E-state index in [1.54, 1.807) is 0 Å². The van der Waals surface area contributed by atoms with E-state index in [9.17, 15) is 9.59 Å². The topological polar surface area (TPSA) is 66.4 Å². The highest BCUT2D eigenvalue weighted by molar-refractivity contribution is 5.94. The molecule has 2 aromatic rings. The maximum absolute atomic E-state index is 12.8. The van der Waals surface area contributed by atoms with E-state index in [0.29, 0.717) is 25.2 Å². The summed E-state index contributed by atoms with van der Waals surface area (Å²) in [7, 11) is 1.90. The van der Waals surface area contributed by atoms with E-state index in [1.165, 1.54) is 0 Å². The fourth-order valence-corrected chi connectivity index (χ4v) is 3.82. The Morgan fingerprint density at radius 1 is 1.11 bits per heavy atom. The number of likely N-dealkylation sites (N-methyl/N-ethyl adjacent to an activating group) is 2. The summed E-state index contributed by atoms with van der Waals surface area (Å²) in [6.07, 6.45) is 0.640. The van der Waals surface area contributed by atoms with E-state index in [1.807, 2.05) is 67.9 Å². The SMILES string of the molecule is CCNC(=O)[C@@H]1C[C@H](NC(=O)c2ccc(-c3ccccc3)n2C)CN1CC. The Balaban J connectivity index is 1.69. The summed E-state index contributed by atoms with van der Waals surface area (Å²) >= 11 is 0. The van der Waals surface area contributed by atoms with E-state index in [-0.39, 0.29) is 23.9 Å². The fourth-order valence-electron chi connectivity index (χ4n) is 3.82. The Labute approximate surface area is 160 Å². The van der Waals surface area contributed by atoms with Crippen LogP contribution in [0.15, 0.2) is 42.5 Å². The molecule has 2 atom stereocenters. The van der Waals surface area contributed by atoms with Crippen LogP contribution in [0.25, 0.3) is 11.3 Å². The number of carbonyl (C=O) groups is 2. The molecule has 27 heavy (non-hydrogen) atoms. The van der Waals surface area contributed by atoms with Crippen LogP contribution in [0.4, 0.5) is 0 Å². The summed E-state index contributed by atoms with van der Waals surface area (Å²) in [6.45, 7) is 6.06. The summed E-state index contributed by atoms with van der Waals surface area (Å²) in [5.74, 6) is -0.0568. The van der Waals surface area contributed by atoms with Crippen LogP contribution in [0.3, 0.4) is 0 Å². The normalized spacial score (nSPS) is 19.8. The highest BCUT2D eigenvalue weighted by Gasteiger charge is 2.36. The van der Waals surface area contributed by atoms with E-state index >= 15 is 0 Å². The lowest BCUT2D eigenvalue weighted by Gasteiger charge is -2.21. The van der Waals surface area contributed by atoms with Gasteiger partial charge in [-0.3, -0.25) is 14.5 Å². The third kappa shape index (κ3) is 4.06. The molecule has 1 aliphatic rings. The first kappa shape index (κ1) is 19.2. The van der Waals surface area contributed by atoms with Crippen LogP contribution in [0.2, 0.25) is 0 Å². The van der Waals surface area contributed by atoms with Gasteiger partial charge in [-0.2, -0.15) is 0 Å². The molecule has 1 fully saturated rings.